The molecule has 0 radical (unpaired) electrons. The zero-order chi connectivity index (χ0) is 10.1. The van der Waals surface area contributed by atoms with Crippen molar-refractivity contribution >= 4 is 11.6 Å². The molecule has 1 aromatic rings. The van der Waals surface area contributed by atoms with Crippen molar-refractivity contribution in [1.82, 2.24) is 4.98 Å². The van der Waals surface area contributed by atoms with E-state index in [2.05, 4.69) is 24.9 Å². The molecule has 1 aliphatic rings. The maximum atomic E-state index is 6.09. The van der Waals surface area contributed by atoms with Gasteiger partial charge in [0.1, 0.15) is 5.15 Å². The number of hydrogen-bond donors (Lipinski definition) is 0. The summed E-state index contributed by atoms with van der Waals surface area (Å²) in [6.45, 7) is 4.44. The Morgan fingerprint density at radius 2 is 2.36 bits per heavy atom. The summed E-state index contributed by atoms with van der Waals surface area (Å²) in [7, 11) is 0. The van der Waals surface area contributed by atoms with Crippen molar-refractivity contribution in [3.8, 4) is 0 Å². The van der Waals surface area contributed by atoms with Crippen molar-refractivity contribution in [3.63, 3.8) is 0 Å². The van der Waals surface area contributed by atoms with Gasteiger partial charge in [-0.05, 0) is 42.7 Å². The highest BCUT2D eigenvalue weighted by atomic mass is 35.5. The molecule has 0 amide bonds. The second-order valence-electron chi connectivity index (χ2n) is 4.25. The lowest BCUT2D eigenvalue weighted by Crippen LogP contribution is -2.13. The highest BCUT2D eigenvalue weighted by Crippen LogP contribution is 2.27. The summed E-state index contributed by atoms with van der Waals surface area (Å²) in [4.78, 5) is 4.48. The molecular weight excluding hydrogens is 194 g/mol. The van der Waals surface area contributed by atoms with Gasteiger partial charge in [-0.3, -0.25) is 0 Å². The first kappa shape index (κ1) is 9.97. The maximum absolute atomic E-state index is 6.09. The quantitative estimate of drug-likeness (QED) is 0.646. The molecule has 0 fully saturated rings. The van der Waals surface area contributed by atoms with Gasteiger partial charge in [0.25, 0.3) is 0 Å². The lowest BCUT2D eigenvalue weighted by molar-refractivity contribution is 0.493. The highest BCUT2D eigenvalue weighted by Gasteiger charge is 2.17. The molecule has 1 unspecified atom stereocenters. The molecule has 2 rings (SSSR count). The lowest BCUT2D eigenvalue weighted by Gasteiger charge is -2.21. The van der Waals surface area contributed by atoms with Crippen molar-refractivity contribution in [2.75, 3.05) is 0 Å². The van der Waals surface area contributed by atoms with Crippen LogP contribution in [-0.4, -0.2) is 4.98 Å². The first-order valence-corrected chi connectivity index (χ1v) is 5.75. The van der Waals surface area contributed by atoms with Crippen LogP contribution in [-0.2, 0) is 19.3 Å². The fraction of sp³-hybridized carbons (Fsp3) is 0.583. The van der Waals surface area contributed by atoms with Crippen LogP contribution in [0.4, 0.5) is 0 Å². The first-order chi connectivity index (χ1) is 6.70. The Morgan fingerprint density at radius 1 is 1.57 bits per heavy atom. The van der Waals surface area contributed by atoms with Crippen molar-refractivity contribution in [3.05, 3.63) is 28.0 Å². The van der Waals surface area contributed by atoms with Gasteiger partial charge in [-0.25, -0.2) is 4.98 Å². The minimum absolute atomic E-state index is 0.709. The minimum Gasteiger partial charge on any atom is -0.241 e. The first-order valence-electron chi connectivity index (χ1n) is 5.38. The molecule has 0 saturated heterocycles. The highest BCUT2D eigenvalue weighted by molar-refractivity contribution is 6.30. The van der Waals surface area contributed by atoms with Crippen LogP contribution in [0.2, 0.25) is 5.15 Å². The van der Waals surface area contributed by atoms with Crippen LogP contribution in [0.15, 0.2) is 6.07 Å². The second kappa shape index (κ2) is 3.90. The van der Waals surface area contributed by atoms with Crippen LogP contribution in [0, 0.1) is 5.92 Å². The standard InChI is InChI=1S/C12H16ClN/c1-3-9-7-10-6-8(2)4-5-11(10)14-12(9)13/h7-8H,3-6H2,1-2H3. The van der Waals surface area contributed by atoms with E-state index in [9.17, 15) is 0 Å². The summed E-state index contributed by atoms with van der Waals surface area (Å²) in [6, 6.07) is 2.25. The summed E-state index contributed by atoms with van der Waals surface area (Å²) in [5, 5.41) is 0.709. The summed E-state index contributed by atoms with van der Waals surface area (Å²) in [5.74, 6) is 0.801. The third kappa shape index (κ3) is 1.78. The maximum Gasteiger partial charge on any atom is 0.132 e. The molecule has 2 heteroatoms. The van der Waals surface area contributed by atoms with E-state index in [0.29, 0.717) is 5.15 Å². The van der Waals surface area contributed by atoms with Crippen LogP contribution < -0.4 is 0 Å². The third-order valence-electron chi connectivity index (χ3n) is 3.04. The molecule has 1 nitrogen and oxygen atoms in total. The van der Waals surface area contributed by atoms with Crippen LogP contribution in [0.5, 0.6) is 0 Å². The Balaban J connectivity index is 2.41. The summed E-state index contributed by atoms with van der Waals surface area (Å²) < 4.78 is 0. The van der Waals surface area contributed by atoms with E-state index >= 15 is 0 Å². The van der Waals surface area contributed by atoms with Gasteiger partial charge in [-0.1, -0.05) is 31.5 Å². The number of rotatable bonds is 1. The van der Waals surface area contributed by atoms with Crippen molar-refractivity contribution in [2.45, 2.75) is 39.5 Å². The van der Waals surface area contributed by atoms with Crippen molar-refractivity contribution in [2.24, 2.45) is 5.92 Å². The van der Waals surface area contributed by atoms with Gasteiger partial charge >= 0.3 is 0 Å². The van der Waals surface area contributed by atoms with Crippen LogP contribution >= 0.6 is 11.6 Å². The summed E-state index contributed by atoms with van der Waals surface area (Å²) in [6.07, 6.45) is 4.50. The predicted octanol–water partition coefficient (Wildman–Crippen LogP) is 3.42. The Morgan fingerprint density at radius 3 is 3.07 bits per heavy atom. The van der Waals surface area contributed by atoms with Crippen LogP contribution in [0.25, 0.3) is 0 Å². The Labute approximate surface area is 90.5 Å². The molecule has 1 aromatic heterocycles. The van der Waals surface area contributed by atoms with E-state index < -0.39 is 0 Å². The minimum atomic E-state index is 0.709. The van der Waals surface area contributed by atoms with E-state index in [0.717, 1.165) is 18.8 Å². The Bertz CT molecular complexity index is 346. The zero-order valence-electron chi connectivity index (χ0n) is 8.81. The van der Waals surface area contributed by atoms with Gasteiger partial charge in [0.05, 0.1) is 0 Å². The number of halogens is 1. The topological polar surface area (TPSA) is 12.9 Å². The average molecular weight is 210 g/mol. The number of nitrogens with zero attached hydrogens (tertiary/aromatic N) is 1. The fourth-order valence-electron chi connectivity index (χ4n) is 2.12. The van der Waals surface area contributed by atoms with Gasteiger partial charge in [0, 0.05) is 5.69 Å². The summed E-state index contributed by atoms with van der Waals surface area (Å²) >= 11 is 6.09. The van der Waals surface area contributed by atoms with E-state index in [-0.39, 0.29) is 0 Å². The Hall–Kier alpha value is -0.560. The molecule has 0 saturated carbocycles. The van der Waals surface area contributed by atoms with E-state index in [1.807, 2.05) is 0 Å². The number of pyridine rings is 1. The van der Waals surface area contributed by atoms with Gasteiger partial charge in [0.15, 0.2) is 0 Å². The van der Waals surface area contributed by atoms with Crippen molar-refractivity contribution in [1.29, 1.82) is 0 Å². The summed E-state index contributed by atoms with van der Waals surface area (Å²) in [5.41, 5.74) is 3.84. The predicted molar refractivity (Wildman–Crippen MR) is 59.8 cm³/mol. The number of aromatic nitrogens is 1. The van der Waals surface area contributed by atoms with Gasteiger partial charge in [-0.15, -0.1) is 0 Å². The second-order valence-corrected chi connectivity index (χ2v) is 4.60. The molecule has 0 aliphatic heterocycles. The molecule has 1 aliphatic carbocycles. The van der Waals surface area contributed by atoms with Crippen LogP contribution in [0.1, 0.15) is 37.1 Å². The fourth-order valence-corrected chi connectivity index (χ4v) is 2.41. The molecule has 0 N–H and O–H groups in total. The average Bonchev–Trinajstić information content (AvgIpc) is 2.17. The lowest BCUT2D eigenvalue weighted by atomic mass is 9.87. The zero-order valence-corrected chi connectivity index (χ0v) is 9.56. The molecule has 0 spiro atoms. The number of hydrogen-bond acceptors (Lipinski definition) is 1. The smallest absolute Gasteiger partial charge is 0.132 e. The van der Waals surface area contributed by atoms with E-state index in [4.69, 9.17) is 11.6 Å². The third-order valence-corrected chi connectivity index (χ3v) is 3.37. The van der Waals surface area contributed by atoms with Crippen LogP contribution in [0.3, 0.4) is 0 Å². The molecule has 0 aromatic carbocycles. The van der Waals surface area contributed by atoms with Crippen molar-refractivity contribution < 1.29 is 0 Å². The molecular formula is C12H16ClN. The molecule has 0 bridgehead atoms. The SMILES string of the molecule is CCc1cc2c(nc1Cl)CCC(C)C2. The van der Waals surface area contributed by atoms with Gasteiger partial charge in [-0.2, -0.15) is 0 Å². The molecule has 1 atom stereocenters. The molecule has 1 heterocycles. The number of fused-ring (bicyclic) bond motifs is 1. The van der Waals surface area contributed by atoms with Gasteiger partial charge < -0.3 is 0 Å². The number of aryl methyl sites for hydroxylation is 2. The molecule has 14 heavy (non-hydrogen) atoms. The van der Waals surface area contributed by atoms with Gasteiger partial charge in [0.2, 0.25) is 0 Å². The van der Waals surface area contributed by atoms with E-state index in [1.165, 1.54) is 29.7 Å². The normalized spacial score (nSPS) is 20.6. The Kier molecular flexibility index (Phi) is 2.78. The van der Waals surface area contributed by atoms with E-state index in [1.54, 1.807) is 0 Å². The molecule has 76 valence electrons. The monoisotopic (exact) mass is 209 g/mol. The largest absolute Gasteiger partial charge is 0.241 e.